The van der Waals surface area contributed by atoms with Crippen LogP contribution in [0, 0.1) is 12.8 Å². The molecule has 1 aliphatic rings. The van der Waals surface area contributed by atoms with Gasteiger partial charge in [0.25, 0.3) is 0 Å². The van der Waals surface area contributed by atoms with E-state index in [0.717, 1.165) is 46.3 Å². The standard InChI is InChI=1S/C22H23N5O3/c1-12-19(17(22(28)29)8-13-4-5-13)20(14-10-23-26(2)11-14)27-21(24-12)16-9-15(30-3)6-7-18(16)25-27/h6-7,9-11,13,17H,4-5,8H2,1-3H3,(H,28,29). The molecule has 3 aromatic heterocycles. The van der Waals surface area contributed by atoms with E-state index >= 15 is 0 Å². The maximum absolute atomic E-state index is 12.3. The summed E-state index contributed by atoms with van der Waals surface area (Å²) in [5.41, 5.74) is 4.45. The molecular weight excluding hydrogens is 382 g/mol. The molecule has 1 N–H and O–H groups in total. The number of carboxylic acids is 1. The number of carbonyl (C=O) groups is 1. The van der Waals surface area contributed by atoms with Crippen LogP contribution in [0.15, 0.2) is 30.6 Å². The van der Waals surface area contributed by atoms with Crippen molar-refractivity contribution in [2.24, 2.45) is 13.0 Å². The Hall–Kier alpha value is -3.42. The molecule has 1 saturated carbocycles. The van der Waals surface area contributed by atoms with Crippen molar-refractivity contribution in [3.8, 4) is 17.0 Å². The van der Waals surface area contributed by atoms with Gasteiger partial charge in [-0.15, -0.1) is 0 Å². The van der Waals surface area contributed by atoms with Gasteiger partial charge in [0.1, 0.15) is 5.75 Å². The van der Waals surface area contributed by atoms with E-state index < -0.39 is 11.9 Å². The molecule has 0 spiro atoms. The highest BCUT2D eigenvalue weighted by Crippen LogP contribution is 2.42. The Bertz CT molecular complexity index is 1290. The van der Waals surface area contributed by atoms with Crippen LogP contribution in [-0.4, -0.2) is 42.6 Å². The number of rotatable bonds is 6. The number of aromatic nitrogens is 5. The molecule has 3 heterocycles. The molecule has 0 aliphatic heterocycles. The van der Waals surface area contributed by atoms with Crippen LogP contribution < -0.4 is 4.74 Å². The molecule has 1 unspecified atom stereocenters. The fraction of sp³-hybridized carbons (Fsp3) is 0.364. The molecule has 30 heavy (non-hydrogen) atoms. The van der Waals surface area contributed by atoms with E-state index in [1.807, 2.05) is 38.4 Å². The van der Waals surface area contributed by atoms with E-state index in [1.165, 1.54) is 0 Å². The molecule has 4 aromatic rings. The monoisotopic (exact) mass is 405 g/mol. The lowest BCUT2D eigenvalue weighted by molar-refractivity contribution is -0.139. The number of hydrogen-bond acceptors (Lipinski definition) is 5. The van der Waals surface area contributed by atoms with Crippen LogP contribution in [0.25, 0.3) is 27.8 Å². The topological polar surface area (TPSA) is 94.5 Å². The number of nitrogens with zero attached hydrogens (tertiary/aromatic N) is 5. The number of methoxy groups -OCH3 is 1. The molecule has 154 valence electrons. The Morgan fingerprint density at radius 1 is 1.37 bits per heavy atom. The van der Waals surface area contributed by atoms with E-state index in [0.29, 0.717) is 23.7 Å². The van der Waals surface area contributed by atoms with Crippen LogP contribution >= 0.6 is 0 Å². The van der Waals surface area contributed by atoms with Crippen molar-refractivity contribution in [3.63, 3.8) is 0 Å². The molecule has 1 fully saturated rings. The van der Waals surface area contributed by atoms with Gasteiger partial charge in [0.2, 0.25) is 0 Å². The van der Waals surface area contributed by atoms with Crippen LogP contribution in [0.5, 0.6) is 5.75 Å². The van der Waals surface area contributed by atoms with E-state index in [9.17, 15) is 9.90 Å². The molecule has 0 bridgehead atoms. The average molecular weight is 405 g/mol. The fourth-order valence-corrected chi connectivity index (χ4v) is 4.21. The summed E-state index contributed by atoms with van der Waals surface area (Å²) in [6, 6.07) is 5.67. The lowest BCUT2D eigenvalue weighted by atomic mass is 9.89. The van der Waals surface area contributed by atoms with Gasteiger partial charge in [-0.25, -0.2) is 9.50 Å². The van der Waals surface area contributed by atoms with Crippen molar-refractivity contribution in [3.05, 3.63) is 41.9 Å². The fourth-order valence-electron chi connectivity index (χ4n) is 4.21. The SMILES string of the molecule is COc1ccc2nn3c(-c4cnn(C)c4)c(C(CC4CC4)C(=O)O)c(C)nc3c2c1. The van der Waals surface area contributed by atoms with E-state index in [-0.39, 0.29) is 0 Å². The van der Waals surface area contributed by atoms with Crippen molar-refractivity contribution >= 4 is 22.5 Å². The zero-order valence-corrected chi connectivity index (χ0v) is 17.2. The minimum atomic E-state index is -0.824. The Labute approximate surface area is 173 Å². The Balaban J connectivity index is 1.85. The van der Waals surface area contributed by atoms with E-state index in [2.05, 4.69) is 5.10 Å². The number of ether oxygens (including phenoxy) is 1. The first kappa shape index (κ1) is 18.6. The highest BCUT2D eigenvalue weighted by Gasteiger charge is 2.34. The van der Waals surface area contributed by atoms with Gasteiger partial charge in [-0.2, -0.15) is 10.2 Å². The lowest BCUT2D eigenvalue weighted by Gasteiger charge is -2.19. The van der Waals surface area contributed by atoms with Gasteiger partial charge in [-0.1, -0.05) is 12.8 Å². The summed E-state index contributed by atoms with van der Waals surface area (Å²) < 4.78 is 8.86. The maximum Gasteiger partial charge on any atom is 0.311 e. The second kappa shape index (κ2) is 6.83. The Kier molecular flexibility index (Phi) is 4.23. The smallest absolute Gasteiger partial charge is 0.311 e. The molecule has 5 rings (SSSR count). The Morgan fingerprint density at radius 3 is 2.80 bits per heavy atom. The van der Waals surface area contributed by atoms with Crippen molar-refractivity contribution in [2.45, 2.75) is 32.1 Å². The second-order valence-electron chi connectivity index (χ2n) is 8.05. The quantitative estimate of drug-likeness (QED) is 0.527. The number of hydrogen-bond donors (Lipinski definition) is 1. The highest BCUT2D eigenvalue weighted by atomic mass is 16.5. The first-order chi connectivity index (χ1) is 14.5. The van der Waals surface area contributed by atoms with Gasteiger partial charge in [-0.05, 0) is 37.5 Å². The average Bonchev–Trinajstić information content (AvgIpc) is 3.34. The van der Waals surface area contributed by atoms with Crippen molar-refractivity contribution in [2.75, 3.05) is 7.11 Å². The number of aryl methyl sites for hydroxylation is 2. The number of fused-ring (bicyclic) bond motifs is 3. The summed E-state index contributed by atoms with van der Waals surface area (Å²) in [7, 11) is 3.47. The molecule has 0 radical (unpaired) electrons. The number of carboxylic acid groups (broad SMARTS) is 1. The Morgan fingerprint density at radius 2 is 2.17 bits per heavy atom. The summed E-state index contributed by atoms with van der Waals surface area (Å²) >= 11 is 0. The van der Waals surface area contributed by atoms with Crippen LogP contribution in [0.4, 0.5) is 0 Å². The molecule has 0 saturated heterocycles. The molecule has 8 heteroatoms. The normalized spacial score (nSPS) is 15.0. The van der Waals surface area contributed by atoms with Gasteiger partial charge < -0.3 is 9.84 Å². The summed E-state index contributed by atoms with van der Waals surface area (Å²) in [5.74, 6) is -0.272. The minimum absolute atomic E-state index is 0.462. The van der Waals surface area contributed by atoms with Gasteiger partial charge in [0.05, 0.1) is 35.8 Å². The molecule has 1 aromatic carbocycles. The molecule has 8 nitrogen and oxygen atoms in total. The van der Waals surface area contributed by atoms with Crippen LogP contribution in [0.1, 0.15) is 36.4 Å². The third-order valence-corrected chi connectivity index (χ3v) is 5.87. The van der Waals surface area contributed by atoms with Crippen molar-refractivity contribution < 1.29 is 14.6 Å². The summed E-state index contributed by atoms with van der Waals surface area (Å²) in [5, 5.41) is 20.1. The van der Waals surface area contributed by atoms with E-state index in [1.54, 1.807) is 22.5 Å². The number of aliphatic carboxylic acids is 1. The van der Waals surface area contributed by atoms with Crippen LogP contribution in [0.2, 0.25) is 0 Å². The second-order valence-corrected chi connectivity index (χ2v) is 8.05. The van der Waals surface area contributed by atoms with Crippen molar-refractivity contribution in [1.29, 1.82) is 0 Å². The predicted octanol–water partition coefficient (Wildman–Crippen LogP) is 3.57. The van der Waals surface area contributed by atoms with Gasteiger partial charge in [-0.3, -0.25) is 9.48 Å². The summed E-state index contributed by atoms with van der Waals surface area (Å²) in [4.78, 5) is 17.1. The first-order valence-electron chi connectivity index (χ1n) is 10.0. The third-order valence-electron chi connectivity index (χ3n) is 5.87. The first-order valence-corrected chi connectivity index (χ1v) is 10.0. The largest absolute Gasteiger partial charge is 0.497 e. The van der Waals surface area contributed by atoms with Gasteiger partial charge in [0.15, 0.2) is 5.65 Å². The van der Waals surface area contributed by atoms with Crippen LogP contribution in [-0.2, 0) is 11.8 Å². The number of benzene rings is 1. The third kappa shape index (κ3) is 2.99. The predicted molar refractivity (Wildman–Crippen MR) is 112 cm³/mol. The van der Waals surface area contributed by atoms with Crippen molar-refractivity contribution in [1.82, 2.24) is 24.4 Å². The van der Waals surface area contributed by atoms with E-state index in [4.69, 9.17) is 14.8 Å². The molecule has 1 atom stereocenters. The van der Waals surface area contributed by atoms with Crippen LogP contribution in [0.3, 0.4) is 0 Å². The molecule has 1 aliphatic carbocycles. The maximum atomic E-state index is 12.3. The van der Waals surface area contributed by atoms with Gasteiger partial charge >= 0.3 is 5.97 Å². The lowest BCUT2D eigenvalue weighted by Crippen LogP contribution is -2.18. The zero-order valence-electron chi connectivity index (χ0n) is 17.2. The summed E-state index contributed by atoms with van der Waals surface area (Å²) in [6.07, 6.45) is 6.44. The molecular formula is C22H23N5O3. The molecule has 0 amide bonds. The zero-order chi connectivity index (χ0) is 21.0. The minimum Gasteiger partial charge on any atom is -0.497 e. The summed E-state index contributed by atoms with van der Waals surface area (Å²) in [6.45, 7) is 1.89. The highest BCUT2D eigenvalue weighted by molar-refractivity contribution is 5.95. The van der Waals surface area contributed by atoms with Gasteiger partial charge in [0, 0.05) is 30.1 Å².